The molecular weight excluding hydrogens is 1350 g/mol. The van der Waals surface area contributed by atoms with Gasteiger partial charge < -0.3 is 79.9 Å². The number of hydrogen-bond donors (Lipinski definition) is 10. The van der Waals surface area contributed by atoms with Crippen LogP contribution in [0.2, 0.25) is 0 Å². The summed E-state index contributed by atoms with van der Waals surface area (Å²) >= 11 is 0. The number of amides is 8. The van der Waals surface area contributed by atoms with Crippen LogP contribution in [0.4, 0.5) is 28.8 Å². The molecule has 0 atom stereocenters. The number of aromatic nitrogens is 9. The highest BCUT2D eigenvalue weighted by Gasteiger charge is 2.24. The van der Waals surface area contributed by atoms with Crippen LogP contribution in [-0.2, 0) is 83.9 Å². The molecule has 105 heavy (non-hydrogen) atoms. The number of nitrogens with one attached hydrogen (secondary N) is 9. The quantitative estimate of drug-likeness (QED) is 0.0185. The largest absolute Gasteiger partial charge is 0.389 e. The van der Waals surface area contributed by atoms with Crippen LogP contribution in [0.25, 0.3) is 0 Å². The fraction of sp³-hybridized carbons (Fsp3) is 0.452. The van der Waals surface area contributed by atoms with Crippen molar-refractivity contribution in [1.29, 1.82) is 0 Å². The number of ketones is 5. The van der Waals surface area contributed by atoms with E-state index in [1.165, 1.54) is 44.1 Å². The Kier molecular flexibility index (Phi) is 30.8. The van der Waals surface area contributed by atoms with E-state index in [1.807, 2.05) is 0 Å². The third kappa shape index (κ3) is 25.9. The molecule has 6 heterocycles. The van der Waals surface area contributed by atoms with Gasteiger partial charge in [-0.3, -0.25) is 62.3 Å². The fourth-order valence-corrected chi connectivity index (χ4v) is 11.6. The van der Waals surface area contributed by atoms with Crippen molar-refractivity contribution in [2.45, 2.75) is 128 Å². The maximum Gasteiger partial charge on any atom is 0.292 e. The zero-order chi connectivity index (χ0) is 76.3. The summed E-state index contributed by atoms with van der Waals surface area (Å²) < 4.78 is 9.21. The Morgan fingerprint density at radius 1 is 0.371 bits per heavy atom. The molecule has 0 radical (unpaired) electrons. The Morgan fingerprint density at radius 3 is 1.47 bits per heavy atom. The zero-order valence-electron chi connectivity index (χ0n) is 61.0. The van der Waals surface area contributed by atoms with Gasteiger partial charge in [-0.25, -0.2) is 15.0 Å². The molecule has 7 rings (SSSR count). The van der Waals surface area contributed by atoms with E-state index in [1.54, 1.807) is 110 Å². The number of anilines is 5. The number of aliphatic hydroxyl groups excluding tert-OH is 1. The van der Waals surface area contributed by atoms with Gasteiger partial charge in [-0.15, -0.1) is 0 Å². The van der Waals surface area contributed by atoms with Crippen molar-refractivity contribution >= 4 is 105 Å². The van der Waals surface area contributed by atoms with Gasteiger partial charge in [0.1, 0.15) is 18.1 Å². The Morgan fingerprint density at radius 2 is 0.848 bits per heavy atom. The molecule has 32 nitrogen and oxygen atoms in total. The van der Waals surface area contributed by atoms with Gasteiger partial charge in [-0.05, 0) is 98.5 Å². The highest BCUT2D eigenvalue weighted by molar-refractivity contribution is 6.06. The smallest absolute Gasteiger partial charge is 0.292 e. The second kappa shape index (κ2) is 40.0. The number of nitrogens with zero attached hydrogens (tertiary/aromatic N) is 9. The van der Waals surface area contributed by atoms with Crippen molar-refractivity contribution in [3.05, 3.63) is 131 Å². The molecule has 32 heteroatoms. The Bertz CT molecular complexity index is 4280. The van der Waals surface area contributed by atoms with Crippen molar-refractivity contribution in [3.63, 3.8) is 0 Å². The Balaban J connectivity index is 0.745. The Labute approximate surface area is 608 Å². The highest BCUT2D eigenvalue weighted by Crippen LogP contribution is 2.21. The van der Waals surface area contributed by atoms with Gasteiger partial charge in [0.25, 0.3) is 23.6 Å². The van der Waals surface area contributed by atoms with E-state index in [-0.39, 0.29) is 133 Å². The SMILES string of the molecule is Cn1cc(CC(=O)c2cc(CC(=O)c3nc(NC(=O)CCCCCNC(=O)c4cc(NC(=O)c5nc(NC(=O)c6nc(NC(=O)CCNC(=O)CCNC(=O)c7ccc(NC(=O)CCCCCCC(=O)CO)cc7)cn6C)cn5C)cn4C)cn3C)cn2C)cc1C(=O)CCCC(=O)CCCC[NH+](C)C. The molecule has 0 saturated carbocycles. The lowest BCUT2D eigenvalue weighted by Gasteiger charge is -2.08. The standard InChI is InChI=1S/C73H96N18O14/c1-85(2)34-17-15-19-52(93)21-18-22-57(95)54-35-47(40-86(54)3)37-58(96)55-36-48(41-87(55)4)38-59(97)67-81-60(43-89(67)6)79-65(100)24-14-11-16-31-75-71(103)56-39-51(42-88(56)5)78-72(104)68-83-62(45-91(68)8)84-73(105)69-82-61(44-90(69)7)80-66(101)30-32-74-63(98)29-33-76-70(102)49-25-27-50(28-26-49)77-64(99)23-13-10-9-12-20-53(94)46-92/h25-28,35-36,39-45,92H,9-24,29-34,37-38,46H2,1-8H3,(H,74,98)(H,75,103)(H,76,102)(H,77,99)(H,78,104)(H,79,100)(H,80,101)(H,84,105)/p+1. The van der Waals surface area contributed by atoms with Crippen molar-refractivity contribution in [2.75, 3.05) is 73.5 Å². The molecule has 6 aromatic heterocycles. The molecule has 0 fully saturated rings. The normalized spacial score (nSPS) is 11.1. The molecule has 10 N–H and O–H groups in total. The number of rotatable bonds is 45. The second-order valence-corrected chi connectivity index (χ2v) is 26.4. The van der Waals surface area contributed by atoms with Crippen LogP contribution in [-0.4, -0.2) is 171 Å². The van der Waals surface area contributed by atoms with E-state index < -0.39 is 42.0 Å². The van der Waals surface area contributed by atoms with Gasteiger partial charge in [0.15, 0.2) is 40.6 Å². The van der Waals surface area contributed by atoms with Gasteiger partial charge in [-0.1, -0.05) is 19.3 Å². The number of carbonyl (C=O) groups is 13. The van der Waals surface area contributed by atoms with E-state index in [4.69, 9.17) is 5.11 Å². The summed E-state index contributed by atoms with van der Waals surface area (Å²) in [6.07, 6.45) is 18.0. The first-order chi connectivity index (χ1) is 50.1. The molecule has 8 amide bonds. The third-order valence-corrected chi connectivity index (χ3v) is 17.1. The summed E-state index contributed by atoms with van der Waals surface area (Å²) in [7, 11) is 14.0. The number of aliphatic hydroxyl groups is 1. The average molecular weight is 1450 g/mol. The summed E-state index contributed by atoms with van der Waals surface area (Å²) in [6.45, 7) is 0.851. The minimum Gasteiger partial charge on any atom is -0.389 e. The predicted molar refractivity (Wildman–Crippen MR) is 390 cm³/mol. The lowest BCUT2D eigenvalue weighted by molar-refractivity contribution is -0.858. The zero-order valence-corrected chi connectivity index (χ0v) is 61.0. The fourth-order valence-electron chi connectivity index (χ4n) is 11.6. The van der Waals surface area contributed by atoms with E-state index in [9.17, 15) is 62.3 Å². The van der Waals surface area contributed by atoms with Crippen LogP contribution >= 0.6 is 0 Å². The lowest BCUT2D eigenvalue weighted by atomic mass is 10.0. The minimum absolute atomic E-state index is 0.0189. The molecule has 0 unspecified atom stereocenters. The first kappa shape index (κ1) is 81.0. The van der Waals surface area contributed by atoms with Crippen molar-refractivity contribution in [3.8, 4) is 0 Å². The first-order valence-electron chi connectivity index (χ1n) is 35.2. The molecule has 7 aromatic rings. The summed E-state index contributed by atoms with van der Waals surface area (Å²) in [5, 5.41) is 30.4. The van der Waals surface area contributed by atoms with Gasteiger partial charge in [-0.2, -0.15) is 0 Å². The first-order valence-corrected chi connectivity index (χ1v) is 35.2. The van der Waals surface area contributed by atoms with Crippen LogP contribution in [0, 0.1) is 0 Å². The molecule has 0 aliphatic carbocycles. The average Bonchev–Trinajstić information content (AvgIpc) is 1.69. The number of carbonyl (C=O) groups excluding carboxylic acids is 13. The third-order valence-electron chi connectivity index (χ3n) is 17.1. The Hall–Kier alpha value is -11.3. The van der Waals surface area contributed by atoms with Gasteiger partial charge in [0.05, 0.1) is 37.7 Å². The van der Waals surface area contributed by atoms with Crippen LogP contribution in [0.1, 0.15) is 200 Å². The number of benzene rings is 1. The lowest BCUT2D eigenvalue weighted by Crippen LogP contribution is -3.05. The number of aryl methyl sites for hydroxylation is 6. The van der Waals surface area contributed by atoms with Gasteiger partial charge >= 0.3 is 0 Å². The molecule has 0 spiro atoms. The molecule has 0 saturated heterocycles. The minimum atomic E-state index is -0.702. The predicted octanol–water partition coefficient (Wildman–Crippen LogP) is 4.53. The molecule has 0 aliphatic heterocycles. The van der Waals surface area contributed by atoms with E-state index >= 15 is 0 Å². The second-order valence-electron chi connectivity index (χ2n) is 26.4. The topological polar surface area (TPSA) is 411 Å². The highest BCUT2D eigenvalue weighted by atomic mass is 16.3. The van der Waals surface area contributed by atoms with Crippen LogP contribution in [0.5, 0.6) is 0 Å². The molecule has 1 aromatic carbocycles. The maximum absolute atomic E-state index is 13.5. The van der Waals surface area contributed by atoms with Crippen molar-refractivity contribution < 1.29 is 72.3 Å². The van der Waals surface area contributed by atoms with Crippen molar-refractivity contribution in [2.24, 2.45) is 42.3 Å². The van der Waals surface area contributed by atoms with Crippen LogP contribution < -0.4 is 47.4 Å². The molecule has 0 aliphatic rings. The summed E-state index contributed by atoms with van der Waals surface area (Å²) in [6, 6.07) is 11.2. The van der Waals surface area contributed by atoms with E-state index in [0.29, 0.717) is 110 Å². The number of hydrogen-bond acceptors (Lipinski definition) is 17. The van der Waals surface area contributed by atoms with E-state index in [0.717, 1.165) is 32.2 Å². The number of unbranched alkanes of at least 4 members (excludes halogenated alkanes) is 6. The molecule has 562 valence electrons. The van der Waals surface area contributed by atoms with Gasteiger partial charge in [0, 0.05) is 175 Å². The number of quaternary nitrogens is 1. The van der Waals surface area contributed by atoms with Crippen LogP contribution in [0.3, 0.4) is 0 Å². The molecule has 0 bridgehead atoms. The van der Waals surface area contributed by atoms with E-state index in [2.05, 4.69) is 71.6 Å². The maximum atomic E-state index is 13.5. The summed E-state index contributed by atoms with van der Waals surface area (Å²) in [5.74, 6) is -3.96. The summed E-state index contributed by atoms with van der Waals surface area (Å²) in [5.41, 5.74) is 3.54. The molecular formula is C73H97N18O14+. The summed E-state index contributed by atoms with van der Waals surface area (Å²) in [4.78, 5) is 181. The van der Waals surface area contributed by atoms with Gasteiger partial charge in [0.2, 0.25) is 41.1 Å². The number of Topliss-reactive ketones (excluding diaryl/α,β-unsaturated/α-hetero) is 5. The monoisotopic (exact) mass is 1450 g/mol. The number of imidazole rings is 3. The van der Waals surface area contributed by atoms with Crippen LogP contribution in [0.15, 0.2) is 79.6 Å². The van der Waals surface area contributed by atoms with Crippen molar-refractivity contribution in [1.82, 2.24) is 58.3 Å².